The van der Waals surface area contributed by atoms with Crippen molar-refractivity contribution in [3.63, 3.8) is 0 Å². The van der Waals surface area contributed by atoms with Crippen LogP contribution in [-0.4, -0.2) is 10.2 Å². The van der Waals surface area contributed by atoms with Gasteiger partial charge in [0, 0.05) is 0 Å². The van der Waals surface area contributed by atoms with Crippen LogP contribution in [0.1, 0.15) is 55.6 Å². The van der Waals surface area contributed by atoms with E-state index in [2.05, 4.69) is 166 Å². The quantitative estimate of drug-likeness (QED) is 0.116. The van der Waals surface area contributed by atoms with Gasteiger partial charge in [0.25, 0.3) is 0 Å². The molecule has 3 nitrogen and oxygen atoms in total. The molecule has 54 heavy (non-hydrogen) atoms. The van der Waals surface area contributed by atoms with Crippen LogP contribution in [0, 0.1) is 20.8 Å². The average molecular weight is 729 g/mol. The summed E-state index contributed by atoms with van der Waals surface area (Å²) in [5.74, 6) is 1.36. The predicted molar refractivity (Wildman–Crippen MR) is 227 cm³/mol. The zero-order chi connectivity index (χ0) is 37.6. The number of aromatic hydroxyl groups is 2. The molecule has 0 radical (unpaired) electrons. The molecule has 7 rings (SSSR count). The molecule has 0 aliphatic carbocycles. The van der Waals surface area contributed by atoms with E-state index >= 15 is 0 Å². The van der Waals surface area contributed by atoms with Gasteiger partial charge in [-0.05, 0) is 0 Å². The first-order valence-electron chi connectivity index (χ1n) is 18.8. The SMILES string of the molecule is Cc1ccc(O)c(Cc2cc(C)cc(Cc3cc(C)ccc3O)c2OP(Cc2ccccc2)(Cc2ccccc2)(Cc2ccccc2)c2ccccc2)c1. The third-order valence-corrected chi connectivity index (χ3v) is 16.1. The summed E-state index contributed by atoms with van der Waals surface area (Å²) in [6.07, 6.45) is 3.09. The fraction of sp³-hybridized carbons (Fsp3) is 0.160. The molecule has 0 spiro atoms. The molecule has 7 aromatic rings. The molecule has 0 saturated carbocycles. The van der Waals surface area contributed by atoms with E-state index in [0.717, 1.165) is 44.7 Å². The summed E-state index contributed by atoms with van der Waals surface area (Å²) >= 11 is 0. The Morgan fingerprint density at radius 1 is 0.407 bits per heavy atom. The van der Waals surface area contributed by atoms with Gasteiger partial charge >= 0.3 is 322 Å². The van der Waals surface area contributed by atoms with Crippen LogP contribution in [0.25, 0.3) is 0 Å². The van der Waals surface area contributed by atoms with Crippen molar-refractivity contribution >= 4 is 12.1 Å². The molecular formula is C50H49O3P. The summed E-state index contributed by atoms with van der Waals surface area (Å²) in [7, 11) is 0. The van der Waals surface area contributed by atoms with Gasteiger partial charge in [0.15, 0.2) is 0 Å². The molecule has 2 N–H and O–H groups in total. The Kier molecular flexibility index (Phi) is 10.7. The molecule has 0 aliphatic rings. The van der Waals surface area contributed by atoms with E-state index in [1.807, 2.05) is 12.1 Å². The van der Waals surface area contributed by atoms with Crippen LogP contribution in [-0.2, 0) is 31.3 Å². The molecule has 0 saturated heterocycles. The van der Waals surface area contributed by atoms with Crippen LogP contribution in [0.3, 0.4) is 0 Å². The molecular weight excluding hydrogens is 680 g/mol. The van der Waals surface area contributed by atoms with Crippen LogP contribution in [0.2, 0.25) is 0 Å². The van der Waals surface area contributed by atoms with Crippen LogP contribution in [0.15, 0.2) is 170 Å². The first-order chi connectivity index (χ1) is 26.2. The van der Waals surface area contributed by atoms with Crippen molar-refractivity contribution < 1.29 is 14.7 Å². The third kappa shape index (κ3) is 8.13. The first-order valence-corrected chi connectivity index (χ1v) is 21.5. The van der Waals surface area contributed by atoms with Crippen LogP contribution in [0.4, 0.5) is 0 Å². The van der Waals surface area contributed by atoms with Crippen molar-refractivity contribution in [2.24, 2.45) is 0 Å². The molecule has 0 heterocycles. The first kappa shape index (κ1) is 36.7. The van der Waals surface area contributed by atoms with Crippen molar-refractivity contribution in [3.8, 4) is 17.2 Å². The molecule has 7 aromatic carbocycles. The molecule has 0 fully saturated rings. The fourth-order valence-electron chi connectivity index (χ4n) is 8.09. The summed E-state index contributed by atoms with van der Waals surface area (Å²) in [5, 5.41) is 23.6. The van der Waals surface area contributed by atoms with Gasteiger partial charge in [0.1, 0.15) is 0 Å². The zero-order valence-electron chi connectivity index (χ0n) is 31.5. The van der Waals surface area contributed by atoms with Gasteiger partial charge in [-0.3, -0.25) is 0 Å². The minimum absolute atomic E-state index is 0.268. The Morgan fingerprint density at radius 2 is 0.759 bits per heavy atom. The molecule has 0 amide bonds. The molecule has 272 valence electrons. The number of benzene rings is 7. The molecule has 0 unspecified atom stereocenters. The van der Waals surface area contributed by atoms with Crippen molar-refractivity contribution in [3.05, 3.63) is 225 Å². The molecule has 0 aliphatic heterocycles. The predicted octanol–water partition coefficient (Wildman–Crippen LogP) is 12.0. The van der Waals surface area contributed by atoms with Gasteiger partial charge in [-0.25, -0.2) is 0 Å². The van der Waals surface area contributed by atoms with Gasteiger partial charge in [0.2, 0.25) is 0 Å². The number of hydrogen-bond acceptors (Lipinski definition) is 3. The number of aryl methyl sites for hydroxylation is 3. The summed E-state index contributed by atoms with van der Waals surface area (Å²) in [5.41, 5.74) is 10.6. The number of hydrogen-bond donors (Lipinski definition) is 2. The van der Waals surface area contributed by atoms with Gasteiger partial charge in [-0.15, -0.1) is 0 Å². The fourth-order valence-corrected chi connectivity index (χ4v) is 14.1. The second kappa shape index (κ2) is 15.8. The van der Waals surface area contributed by atoms with Gasteiger partial charge in [0.05, 0.1) is 0 Å². The van der Waals surface area contributed by atoms with Crippen LogP contribution >= 0.6 is 6.83 Å². The Balaban J connectivity index is 1.57. The topological polar surface area (TPSA) is 49.7 Å². The van der Waals surface area contributed by atoms with E-state index in [1.165, 1.54) is 22.0 Å². The number of phenolic OH excluding ortho intramolecular Hbond substituents is 2. The third-order valence-electron chi connectivity index (χ3n) is 10.5. The van der Waals surface area contributed by atoms with Crippen molar-refractivity contribution in [1.82, 2.24) is 0 Å². The van der Waals surface area contributed by atoms with Gasteiger partial charge in [-0.1, -0.05) is 0 Å². The van der Waals surface area contributed by atoms with Crippen LogP contribution < -0.4 is 9.83 Å². The van der Waals surface area contributed by atoms with Crippen LogP contribution in [0.5, 0.6) is 17.2 Å². The maximum atomic E-state index is 11.2. The Hall–Kier alpha value is -5.63. The van der Waals surface area contributed by atoms with Crippen molar-refractivity contribution in [1.29, 1.82) is 0 Å². The van der Waals surface area contributed by atoms with E-state index in [1.54, 1.807) is 12.1 Å². The summed E-state index contributed by atoms with van der Waals surface area (Å²) in [6, 6.07) is 59.4. The maximum absolute atomic E-state index is 11.2. The standard InChI is InChI=1S/C50H49O3P/c1-37-24-26-48(51)43(28-37)32-45-30-39(3)31-46(33-44-29-38(2)25-27-49(44)52)50(45)53-54(47-22-14-7-15-23-47,34-40-16-8-4-9-17-40,35-41-18-10-5-11-19-41)36-42-20-12-6-13-21-42/h4-31,51-52H,32-36H2,1-3H3. The normalized spacial score (nSPS) is 12.2. The summed E-state index contributed by atoms with van der Waals surface area (Å²) < 4.78 is 8.36. The average Bonchev–Trinajstić information content (AvgIpc) is 3.17. The van der Waals surface area contributed by atoms with Crippen molar-refractivity contribution in [2.75, 3.05) is 0 Å². The Labute approximate surface area is 320 Å². The second-order valence-electron chi connectivity index (χ2n) is 15.0. The van der Waals surface area contributed by atoms with Gasteiger partial charge < -0.3 is 0 Å². The molecule has 0 atom stereocenters. The van der Waals surface area contributed by atoms with E-state index in [9.17, 15) is 10.2 Å². The number of phenols is 2. The summed E-state index contributed by atoms with van der Waals surface area (Å²) in [6.45, 7) is 2.53. The summed E-state index contributed by atoms with van der Waals surface area (Å²) in [4.78, 5) is 0. The van der Waals surface area contributed by atoms with E-state index in [4.69, 9.17) is 4.52 Å². The monoisotopic (exact) mass is 728 g/mol. The number of rotatable bonds is 13. The zero-order valence-corrected chi connectivity index (χ0v) is 32.3. The van der Waals surface area contributed by atoms with E-state index < -0.39 is 6.83 Å². The molecule has 0 aromatic heterocycles. The molecule has 0 bridgehead atoms. The molecule has 4 heteroatoms. The van der Waals surface area contributed by atoms with E-state index in [0.29, 0.717) is 31.3 Å². The Morgan fingerprint density at radius 3 is 1.15 bits per heavy atom. The Bertz CT molecular complexity index is 2160. The van der Waals surface area contributed by atoms with E-state index in [-0.39, 0.29) is 11.5 Å². The second-order valence-corrected chi connectivity index (χ2v) is 19.9. The van der Waals surface area contributed by atoms with Crippen molar-refractivity contribution in [2.45, 2.75) is 52.1 Å². The van der Waals surface area contributed by atoms with Gasteiger partial charge in [-0.2, -0.15) is 0 Å². The minimum atomic E-state index is -3.72.